The van der Waals surface area contributed by atoms with Gasteiger partial charge in [0.15, 0.2) is 0 Å². The molecule has 1 fully saturated rings. The highest BCUT2D eigenvalue weighted by atomic mass is 16.5. The van der Waals surface area contributed by atoms with Gasteiger partial charge in [0.1, 0.15) is 0 Å². The van der Waals surface area contributed by atoms with Crippen molar-refractivity contribution < 1.29 is 4.74 Å². The highest BCUT2D eigenvalue weighted by Gasteiger charge is 2.26. The van der Waals surface area contributed by atoms with E-state index in [-0.39, 0.29) is 5.54 Å². The van der Waals surface area contributed by atoms with E-state index in [2.05, 4.69) is 44.6 Å². The zero-order valence-electron chi connectivity index (χ0n) is 14.5. The number of ether oxygens (including phenoxy) is 1. The van der Waals surface area contributed by atoms with Gasteiger partial charge in [0.2, 0.25) is 0 Å². The Bertz CT molecular complexity index is 473. The fraction of sp³-hybridized carbons (Fsp3) is 0.824. The van der Waals surface area contributed by atoms with E-state index in [4.69, 9.17) is 9.84 Å². The zero-order chi connectivity index (χ0) is 15.6. The van der Waals surface area contributed by atoms with Crippen LogP contribution in [0.2, 0.25) is 0 Å². The third-order valence-corrected chi connectivity index (χ3v) is 4.55. The van der Waals surface area contributed by atoms with Gasteiger partial charge in [-0.15, -0.1) is 0 Å². The normalized spacial score (nSPS) is 23.5. The molecule has 1 aliphatic rings. The lowest BCUT2D eigenvalue weighted by Gasteiger charge is -2.29. The molecule has 2 rings (SSSR count). The summed E-state index contributed by atoms with van der Waals surface area (Å²) in [6.45, 7) is 11.8. The molecule has 0 aliphatic heterocycles. The number of rotatable bonds is 4. The van der Waals surface area contributed by atoms with Crippen LogP contribution in [0.1, 0.15) is 69.4 Å². The highest BCUT2D eigenvalue weighted by Crippen LogP contribution is 2.31. The fourth-order valence-electron chi connectivity index (χ4n) is 3.22. The molecule has 0 bridgehead atoms. The number of aryl methyl sites for hydroxylation is 1. The molecule has 2 unspecified atom stereocenters. The van der Waals surface area contributed by atoms with E-state index in [9.17, 15) is 0 Å². The van der Waals surface area contributed by atoms with Gasteiger partial charge in [0, 0.05) is 30.5 Å². The predicted octanol–water partition coefficient (Wildman–Crippen LogP) is 3.52. The van der Waals surface area contributed by atoms with Crippen molar-refractivity contribution in [3.63, 3.8) is 0 Å². The summed E-state index contributed by atoms with van der Waals surface area (Å²) in [5, 5.41) is 8.40. The van der Waals surface area contributed by atoms with Gasteiger partial charge in [0.05, 0.1) is 17.8 Å². The van der Waals surface area contributed by atoms with Crippen molar-refractivity contribution in [3.05, 3.63) is 17.0 Å². The lowest BCUT2D eigenvalue weighted by Crippen LogP contribution is -2.35. The van der Waals surface area contributed by atoms with Crippen LogP contribution >= 0.6 is 0 Å². The molecule has 0 spiro atoms. The molecule has 120 valence electrons. The molecule has 1 heterocycles. The summed E-state index contributed by atoms with van der Waals surface area (Å²) in [5.41, 5.74) is 3.95. The van der Waals surface area contributed by atoms with E-state index in [1.54, 1.807) is 0 Å². The monoisotopic (exact) mass is 293 g/mol. The Balaban J connectivity index is 2.14. The third kappa shape index (κ3) is 4.07. The number of methoxy groups -OCH3 is 1. The second-order valence-corrected chi connectivity index (χ2v) is 7.38. The van der Waals surface area contributed by atoms with E-state index in [0.717, 1.165) is 18.7 Å². The maximum Gasteiger partial charge on any atom is 0.0641 e. The number of nitrogens with zero attached hydrogens (tertiary/aromatic N) is 2. The summed E-state index contributed by atoms with van der Waals surface area (Å²) < 4.78 is 7.81. The van der Waals surface area contributed by atoms with Gasteiger partial charge in [-0.1, -0.05) is 0 Å². The Kier molecular flexibility index (Phi) is 5.10. The molecular formula is C17H31N3O. The summed E-state index contributed by atoms with van der Waals surface area (Å²) in [6, 6.07) is 0.491. The molecule has 0 amide bonds. The van der Waals surface area contributed by atoms with E-state index >= 15 is 0 Å². The molecule has 2 atom stereocenters. The second kappa shape index (κ2) is 6.49. The molecule has 1 aromatic rings. The number of hydrogen-bond acceptors (Lipinski definition) is 3. The average molecular weight is 293 g/mol. The van der Waals surface area contributed by atoms with Crippen LogP contribution < -0.4 is 5.32 Å². The van der Waals surface area contributed by atoms with Crippen molar-refractivity contribution in [1.82, 2.24) is 15.1 Å². The Morgan fingerprint density at radius 1 is 1.29 bits per heavy atom. The first-order valence-corrected chi connectivity index (χ1v) is 8.14. The molecule has 0 radical (unpaired) electrons. The van der Waals surface area contributed by atoms with Crippen LogP contribution in [0, 0.1) is 13.8 Å². The van der Waals surface area contributed by atoms with Gasteiger partial charge >= 0.3 is 0 Å². The standard InChI is InChI=1S/C17H31N3O/c1-12-16(11-18-17(3,4)5)13(2)20(19-12)14-8-7-9-15(10-14)21-6/h14-15,18H,7-11H2,1-6H3. The fourth-order valence-corrected chi connectivity index (χ4v) is 3.22. The molecule has 4 heteroatoms. The molecule has 1 aliphatic carbocycles. The quantitative estimate of drug-likeness (QED) is 0.923. The first kappa shape index (κ1) is 16.5. The summed E-state index contributed by atoms with van der Waals surface area (Å²) in [4.78, 5) is 0. The van der Waals surface area contributed by atoms with Crippen LogP contribution in [0.5, 0.6) is 0 Å². The van der Waals surface area contributed by atoms with Gasteiger partial charge < -0.3 is 10.1 Å². The Labute approximate surface area is 129 Å². The van der Waals surface area contributed by atoms with Gasteiger partial charge in [0.25, 0.3) is 0 Å². The van der Waals surface area contributed by atoms with Crippen LogP contribution in [0.4, 0.5) is 0 Å². The molecule has 4 nitrogen and oxygen atoms in total. The van der Waals surface area contributed by atoms with Gasteiger partial charge in [-0.25, -0.2) is 0 Å². The molecule has 0 aromatic carbocycles. The van der Waals surface area contributed by atoms with Crippen LogP contribution in [0.25, 0.3) is 0 Å². The lowest BCUT2D eigenvalue weighted by atomic mass is 9.93. The van der Waals surface area contributed by atoms with Crippen LogP contribution in [-0.2, 0) is 11.3 Å². The van der Waals surface area contributed by atoms with Crippen molar-refractivity contribution in [2.24, 2.45) is 0 Å². The molecular weight excluding hydrogens is 262 g/mol. The van der Waals surface area contributed by atoms with E-state index < -0.39 is 0 Å². The highest BCUT2D eigenvalue weighted by molar-refractivity contribution is 5.25. The minimum atomic E-state index is 0.132. The van der Waals surface area contributed by atoms with Crippen molar-refractivity contribution in [3.8, 4) is 0 Å². The van der Waals surface area contributed by atoms with Crippen molar-refractivity contribution in [1.29, 1.82) is 0 Å². The largest absolute Gasteiger partial charge is 0.381 e. The predicted molar refractivity (Wildman–Crippen MR) is 86.6 cm³/mol. The minimum Gasteiger partial charge on any atom is -0.381 e. The molecule has 21 heavy (non-hydrogen) atoms. The van der Waals surface area contributed by atoms with Gasteiger partial charge in [-0.3, -0.25) is 4.68 Å². The smallest absolute Gasteiger partial charge is 0.0641 e. The first-order chi connectivity index (χ1) is 9.81. The van der Waals surface area contributed by atoms with Crippen LogP contribution in [-0.4, -0.2) is 28.5 Å². The summed E-state index contributed by atoms with van der Waals surface area (Å²) in [6.07, 6.45) is 5.12. The maximum atomic E-state index is 5.56. The van der Waals surface area contributed by atoms with E-state index in [0.29, 0.717) is 12.1 Å². The number of aromatic nitrogens is 2. The summed E-state index contributed by atoms with van der Waals surface area (Å²) in [7, 11) is 1.83. The average Bonchev–Trinajstić information content (AvgIpc) is 2.71. The van der Waals surface area contributed by atoms with Crippen LogP contribution in [0.15, 0.2) is 0 Å². The lowest BCUT2D eigenvalue weighted by molar-refractivity contribution is 0.0503. The summed E-state index contributed by atoms with van der Waals surface area (Å²) in [5.74, 6) is 0. The van der Waals surface area contributed by atoms with Gasteiger partial charge in [-0.2, -0.15) is 5.10 Å². The van der Waals surface area contributed by atoms with Crippen LogP contribution in [0.3, 0.4) is 0 Å². The Morgan fingerprint density at radius 3 is 2.62 bits per heavy atom. The van der Waals surface area contributed by atoms with Gasteiger partial charge in [-0.05, 0) is 60.3 Å². The molecule has 1 saturated carbocycles. The zero-order valence-corrected chi connectivity index (χ0v) is 14.5. The maximum absolute atomic E-state index is 5.56. The molecule has 1 N–H and O–H groups in total. The topological polar surface area (TPSA) is 39.1 Å². The minimum absolute atomic E-state index is 0.132. The SMILES string of the molecule is COC1CCCC(n2nc(C)c(CNC(C)(C)C)c2C)C1. The van der Waals surface area contributed by atoms with E-state index in [1.807, 2.05) is 7.11 Å². The van der Waals surface area contributed by atoms with Crippen molar-refractivity contribution >= 4 is 0 Å². The Hall–Kier alpha value is -0.870. The van der Waals surface area contributed by atoms with Crippen molar-refractivity contribution in [2.45, 2.75) is 84.5 Å². The number of nitrogens with one attached hydrogen (secondary N) is 1. The second-order valence-electron chi connectivity index (χ2n) is 7.38. The first-order valence-electron chi connectivity index (χ1n) is 8.14. The summed E-state index contributed by atoms with van der Waals surface area (Å²) >= 11 is 0. The van der Waals surface area contributed by atoms with Crippen molar-refractivity contribution in [2.75, 3.05) is 7.11 Å². The molecule has 0 saturated heterocycles. The Morgan fingerprint density at radius 2 is 2.00 bits per heavy atom. The third-order valence-electron chi connectivity index (χ3n) is 4.55. The molecule has 1 aromatic heterocycles. The number of hydrogen-bond donors (Lipinski definition) is 1. The van der Waals surface area contributed by atoms with E-state index in [1.165, 1.54) is 30.5 Å².